The van der Waals surface area contributed by atoms with E-state index in [1.165, 1.54) is 14.8 Å². The van der Waals surface area contributed by atoms with E-state index in [0.717, 1.165) is 19.5 Å². The summed E-state index contributed by atoms with van der Waals surface area (Å²) in [5, 5.41) is 3.60. The van der Waals surface area contributed by atoms with Gasteiger partial charge in [0.2, 0.25) is 0 Å². The van der Waals surface area contributed by atoms with Crippen molar-refractivity contribution in [2.75, 3.05) is 25.0 Å². The minimum Gasteiger partial charge on any atom is -0.375 e. The van der Waals surface area contributed by atoms with Crippen LogP contribution < -0.4 is 10.2 Å². The molecule has 1 N–H and O–H groups in total. The zero-order valence-electron chi connectivity index (χ0n) is 12.7. The quantitative estimate of drug-likeness (QED) is 0.551. The first-order valence-corrected chi connectivity index (χ1v) is 8.50. The summed E-state index contributed by atoms with van der Waals surface area (Å²) in [6.07, 6.45) is 1.14. The predicted octanol–water partition coefficient (Wildman–Crippen LogP) is 4.47. The summed E-state index contributed by atoms with van der Waals surface area (Å²) in [5.41, 5.74) is 2.63. The number of nitrogens with zero attached hydrogens (tertiary/aromatic N) is 1. The van der Waals surface area contributed by atoms with Gasteiger partial charge in [-0.1, -0.05) is 30.3 Å². The summed E-state index contributed by atoms with van der Waals surface area (Å²) in [7, 11) is 2.15. The zero-order valence-corrected chi connectivity index (χ0v) is 14.9. The molecule has 0 fully saturated rings. The number of hydrogen-bond donors (Lipinski definition) is 1. The van der Waals surface area contributed by atoms with Crippen molar-refractivity contribution in [1.29, 1.82) is 0 Å². The normalized spacial score (nSPS) is 12.1. The molecule has 1 unspecified atom stereocenters. The summed E-state index contributed by atoms with van der Waals surface area (Å²) in [6.45, 7) is 4.32. The van der Waals surface area contributed by atoms with Crippen LogP contribution in [0, 0.1) is 3.57 Å². The molecule has 0 aliphatic carbocycles. The van der Waals surface area contributed by atoms with Crippen molar-refractivity contribution in [3.05, 3.63) is 63.7 Å². The molecule has 0 heterocycles. The van der Waals surface area contributed by atoms with Gasteiger partial charge in [0, 0.05) is 28.9 Å². The summed E-state index contributed by atoms with van der Waals surface area (Å²) in [5.74, 6) is 0. The maximum atomic E-state index is 3.60. The van der Waals surface area contributed by atoms with Crippen LogP contribution in [-0.2, 0) is 0 Å². The van der Waals surface area contributed by atoms with Crippen LogP contribution in [-0.4, -0.2) is 20.1 Å². The minimum absolute atomic E-state index is 0.407. The molecular formula is C18H23IN2. The lowest BCUT2D eigenvalue weighted by molar-refractivity contribution is 0.558. The molecule has 0 aromatic heterocycles. The lowest BCUT2D eigenvalue weighted by atomic mass is 10.1. The van der Waals surface area contributed by atoms with Gasteiger partial charge in [-0.3, -0.25) is 0 Å². The van der Waals surface area contributed by atoms with E-state index in [1.807, 2.05) is 0 Å². The SMILES string of the molecule is CC(NCCCN(C)c1ccccc1)c1ccc(I)cc1. The highest BCUT2D eigenvalue weighted by Gasteiger charge is 2.04. The second-order valence-electron chi connectivity index (χ2n) is 5.34. The van der Waals surface area contributed by atoms with Gasteiger partial charge in [-0.05, 0) is 72.3 Å². The monoisotopic (exact) mass is 394 g/mol. The fourth-order valence-electron chi connectivity index (χ4n) is 2.32. The Labute approximate surface area is 141 Å². The average molecular weight is 394 g/mol. The first-order chi connectivity index (χ1) is 10.2. The third-order valence-electron chi connectivity index (χ3n) is 3.69. The first kappa shape index (κ1) is 16.3. The van der Waals surface area contributed by atoms with E-state index in [1.54, 1.807) is 0 Å². The molecule has 21 heavy (non-hydrogen) atoms. The molecule has 3 heteroatoms. The number of anilines is 1. The number of rotatable bonds is 7. The Morgan fingerprint density at radius 3 is 2.38 bits per heavy atom. The van der Waals surface area contributed by atoms with Crippen LogP contribution in [0.3, 0.4) is 0 Å². The molecule has 0 bridgehead atoms. The van der Waals surface area contributed by atoms with Gasteiger partial charge in [0.25, 0.3) is 0 Å². The molecule has 0 radical (unpaired) electrons. The lowest BCUT2D eigenvalue weighted by Crippen LogP contribution is -2.25. The smallest absolute Gasteiger partial charge is 0.0363 e. The second-order valence-corrected chi connectivity index (χ2v) is 6.58. The topological polar surface area (TPSA) is 15.3 Å². The van der Waals surface area contributed by atoms with Gasteiger partial charge in [-0.15, -0.1) is 0 Å². The van der Waals surface area contributed by atoms with Crippen molar-refractivity contribution in [1.82, 2.24) is 5.32 Å². The number of nitrogens with one attached hydrogen (secondary N) is 1. The highest BCUT2D eigenvalue weighted by molar-refractivity contribution is 14.1. The Morgan fingerprint density at radius 2 is 1.71 bits per heavy atom. The first-order valence-electron chi connectivity index (χ1n) is 7.42. The molecule has 0 saturated heterocycles. The van der Waals surface area contributed by atoms with Crippen molar-refractivity contribution in [2.24, 2.45) is 0 Å². The van der Waals surface area contributed by atoms with Crippen LogP contribution in [0.2, 0.25) is 0 Å². The Bertz CT molecular complexity index is 525. The fourth-order valence-corrected chi connectivity index (χ4v) is 2.68. The molecule has 112 valence electrons. The highest BCUT2D eigenvalue weighted by Crippen LogP contribution is 2.15. The van der Waals surface area contributed by atoms with Crippen LogP contribution in [0.15, 0.2) is 54.6 Å². The largest absolute Gasteiger partial charge is 0.375 e. The summed E-state index contributed by atoms with van der Waals surface area (Å²) in [6, 6.07) is 19.7. The highest BCUT2D eigenvalue weighted by atomic mass is 127. The molecule has 0 saturated carbocycles. The van der Waals surface area contributed by atoms with Crippen molar-refractivity contribution in [3.63, 3.8) is 0 Å². The average Bonchev–Trinajstić information content (AvgIpc) is 2.52. The standard InChI is InChI=1S/C18H23IN2/c1-15(16-9-11-17(19)12-10-16)20-13-6-14-21(2)18-7-4-3-5-8-18/h3-5,7-12,15,20H,6,13-14H2,1-2H3. The Hall–Kier alpha value is -1.07. The van der Waals surface area contributed by atoms with Crippen LogP contribution in [0.5, 0.6) is 0 Å². The molecule has 2 rings (SSSR count). The third-order valence-corrected chi connectivity index (χ3v) is 4.41. The summed E-state index contributed by atoms with van der Waals surface area (Å²) >= 11 is 2.34. The van der Waals surface area contributed by atoms with Crippen molar-refractivity contribution in [2.45, 2.75) is 19.4 Å². The van der Waals surface area contributed by atoms with Crippen LogP contribution in [0.1, 0.15) is 24.9 Å². The van der Waals surface area contributed by atoms with Crippen LogP contribution in [0.4, 0.5) is 5.69 Å². The Morgan fingerprint density at radius 1 is 1.05 bits per heavy atom. The summed E-state index contributed by atoms with van der Waals surface area (Å²) in [4.78, 5) is 2.30. The van der Waals surface area contributed by atoms with Gasteiger partial charge in [-0.2, -0.15) is 0 Å². The molecule has 0 amide bonds. The predicted molar refractivity (Wildman–Crippen MR) is 99.9 cm³/mol. The van der Waals surface area contributed by atoms with Crippen LogP contribution >= 0.6 is 22.6 Å². The van der Waals surface area contributed by atoms with Gasteiger partial charge in [-0.25, -0.2) is 0 Å². The van der Waals surface area contributed by atoms with E-state index in [9.17, 15) is 0 Å². The van der Waals surface area contributed by atoms with Gasteiger partial charge in [0.1, 0.15) is 0 Å². The van der Waals surface area contributed by atoms with Crippen molar-refractivity contribution >= 4 is 28.3 Å². The maximum absolute atomic E-state index is 3.60. The zero-order chi connectivity index (χ0) is 15.1. The van der Waals surface area contributed by atoms with E-state index in [4.69, 9.17) is 0 Å². The number of hydrogen-bond acceptors (Lipinski definition) is 2. The van der Waals surface area contributed by atoms with Crippen molar-refractivity contribution in [3.8, 4) is 0 Å². The van der Waals surface area contributed by atoms with E-state index in [2.05, 4.69) is 101 Å². The van der Waals surface area contributed by atoms with E-state index in [0.29, 0.717) is 6.04 Å². The number of para-hydroxylation sites is 1. The van der Waals surface area contributed by atoms with Gasteiger partial charge < -0.3 is 10.2 Å². The molecule has 2 aromatic carbocycles. The van der Waals surface area contributed by atoms with Gasteiger partial charge in [0.05, 0.1) is 0 Å². The molecule has 0 aliphatic heterocycles. The minimum atomic E-state index is 0.407. The van der Waals surface area contributed by atoms with Crippen molar-refractivity contribution < 1.29 is 0 Å². The molecule has 0 spiro atoms. The molecule has 2 nitrogen and oxygen atoms in total. The lowest BCUT2D eigenvalue weighted by Gasteiger charge is -2.20. The van der Waals surface area contributed by atoms with E-state index >= 15 is 0 Å². The maximum Gasteiger partial charge on any atom is 0.0363 e. The molecule has 1 atom stereocenters. The fraction of sp³-hybridized carbons (Fsp3) is 0.333. The molecular weight excluding hydrogens is 371 g/mol. The second kappa shape index (κ2) is 8.39. The number of halogens is 1. The van der Waals surface area contributed by atoms with E-state index in [-0.39, 0.29) is 0 Å². The van der Waals surface area contributed by atoms with Crippen LogP contribution in [0.25, 0.3) is 0 Å². The van der Waals surface area contributed by atoms with E-state index < -0.39 is 0 Å². The molecule has 0 aliphatic rings. The Kier molecular flexibility index (Phi) is 6.51. The summed E-state index contributed by atoms with van der Waals surface area (Å²) < 4.78 is 1.29. The number of benzene rings is 2. The van der Waals surface area contributed by atoms with Gasteiger partial charge in [0.15, 0.2) is 0 Å². The molecule has 2 aromatic rings. The van der Waals surface area contributed by atoms with Gasteiger partial charge >= 0.3 is 0 Å². The Balaban J connectivity index is 1.71. The third kappa shape index (κ3) is 5.32.